The SMILES string of the molecule is O=C1C=CC(=O)C(N2CCCCC2)=C1Nc1ccc(C(=O)O)cc1. The van der Waals surface area contributed by atoms with Gasteiger partial charge in [-0.15, -0.1) is 0 Å². The Morgan fingerprint density at radius 3 is 2.21 bits per heavy atom. The fourth-order valence-corrected chi connectivity index (χ4v) is 2.95. The molecule has 0 aromatic heterocycles. The highest BCUT2D eigenvalue weighted by Crippen LogP contribution is 2.24. The number of aromatic carboxylic acids is 1. The topological polar surface area (TPSA) is 86.7 Å². The van der Waals surface area contributed by atoms with Crippen molar-refractivity contribution in [1.82, 2.24) is 4.90 Å². The summed E-state index contributed by atoms with van der Waals surface area (Å²) in [7, 11) is 0. The Labute approximate surface area is 139 Å². The molecule has 2 aliphatic rings. The highest BCUT2D eigenvalue weighted by Gasteiger charge is 2.28. The van der Waals surface area contributed by atoms with Crippen molar-refractivity contribution >= 4 is 23.2 Å². The Kier molecular flexibility index (Phi) is 4.46. The molecule has 1 aromatic rings. The van der Waals surface area contributed by atoms with Crippen LogP contribution in [-0.2, 0) is 9.59 Å². The van der Waals surface area contributed by atoms with Crippen molar-refractivity contribution in [3.63, 3.8) is 0 Å². The lowest BCUT2D eigenvalue weighted by Crippen LogP contribution is -2.36. The number of piperidine rings is 1. The van der Waals surface area contributed by atoms with Crippen LogP contribution in [0.5, 0.6) is 0 Å². The molecule has 3 rings (SSSR count). The second-order valence-electron chi connectivity index (χ2n) is 5.84. The quantitative estimate of drug-likeness (QED) is 0.825. The third kappa shape index (κ3) is 3.22. The molecule has 0 spiro atoms. The number of rotatable bonds is 4. The summed E-state index contributed by atoms with van der Waals surface area (Å²) in [6, 6.07) is 6.08. The van der Waals surface area contributed by atoms with E-state index in [2.05, 4.69) is 5.32 Å². The summed E-state index contributed by atoms with van der Waals surface area (Å²) >= 11 is 0. The summed E-state index contributed by atoms with van der Waals surface area (Å²) in [5.41, 5.74) is 1.40. The van der Waals surface area contributed by atoms with Crippen molar-refractivity contribution in [3.05, 3.63) is 53.4 Å². The van der Waals surface area contributed by atoms with Crippen LogP contribution in [0, 0.1) is 0 Å². The third-order valence-corrected chi connectivity index (χ3v) is 4.18. The van der Waals surface area contributed by atoms with Crippen LogP contribution in [0.1, 0.15) is 29.6 Å². The van der Waals surface area contributed by atoms with Gasteiger partial charge >= 0.3 is 5.97 Å². The van der Waals surface area contributed by atoms with Crippen LogP contribution >= 0.6 is 0 Å². The number of likely N-dealkylation sites (tertiary alicyclic amines) is 1. The number of nitrogens with one attached hydrogen (secondary N) is 1. The molecule has 1 saturated heterocycles. The Hall–Kier alpha value is -2.89. The van der Waals surface area contributed by atoms with Gasteiger partial charge in [0.1, 0.15) is 11.4 Å². The first kappa shape index (κ1) is 16.0. The standard InChI is InChI=1S/C18H18N2O4/c21-14-8-9-15(22)17(20-10-2-1-3-11-20)16(14)19-13-6-4-12(5-7-13)18(23)24/h4-9,19H,1-3,10-11H2,(H,23,24). The number of allylic oxidation sites excluding steroid dienone is 2. The fraction of sp³-hybridized carbons (Fsp3) is 0.278. The molecule has 6 heteroatoms. The molecular formula is C18H18N2O4. The predicted octanol–water partition coefficient (Wildman–Crippen LogP) is 2.20. The van der Waals surface area contributed by atoms with E-state index in [0.29, 0.717) is 11.4 Å². The number of anilines is 1. The van der Waals surface area contributed by atoms with Gasteiger partial charge in [0, 0.05) is 18.8 Å². The molecule has 0 unspecified atom stereocenters. The number of hydrogen-bond donors (Lipinski definition) is 2. The van der Waals surface area contributed by atoms with Gasteiger partial charge < -0.3 is 15.3 Å². The Morgan fingerprint density at radius 2 is 1.58 bits per heavy atom. The first-order valence-corrected chi connectivity index (χ1v) is 7.92. The van der Waals surface area contributed by atoms with Gasteiger partial charge in [-0.2, -0.15) is 0 Å². The summed E-state index contributed by atoms with van der Waals surface area (Å²) in [5, 5.41) is 11.9. The van der Waals surface area contributed by atoms with E-state index in [1.54, 1.807) is 12.1 Å². The largest absolute Gasteiger partial charge is 0.478 e. The van der Waals surface area contributed by atoms with E-state index in [4.69, 9.17) is 5.11 Å². The highest BCUT2D eigenvalue weighted by molar-refractivity contribution is 6.20. The minimum atomic E-state index is -1.01. The molecule has 24 heavy (non-hydrogen) atoms. The zero-order valence-corrected chi connectivity index (χ0v) is 13.1. The van der Waals surface area contributed by atoms with E-state index in [0.717, 1.165) is 32.4 Å². The van der Waals surface area contributed by atoms with E-state index in [-0.39, 0.29) is 22.8 Å². The van der Waals surface area contributed by atoms with Crippen LogP contribution in [0.15, 0.2) is 47.8 Å². The molecule has 1 fully saturated rings. The number of carbonyl (C=O) groups excluding carboxylic acids is 2. The summed E-state index contributed by atoms with van der Waals surface area (Å²) < 4.78 is 0. The summed E-state index contributed by atoms with van der Waals surface area (Å²) in [4.78, 5) is 37.5. The maximum absolute atomic E-state index is 12.3. The van der Waals surface area contributed by atoms with Gasteiger partial charge in [0.2, 0.25) is 11.6 Å². The molecule has 1 aliphatic heterocycles. The first-order chi connectivity index (χ1) is 11.6. The van der Waals surface area contributed by atoms with E-state index in [9.17, 15) is 14.4 Å². The molecule has 0 saturated carbocycles. The molecule has 0 bridgehead atoms. The second-order valence-corrected chi connectivity index (χ2v) is 5.84. The molecule has 6 nitrogen and oxygen atoms in total. The molecule has 1 aromatic carbocycles. The zero-order chi connectivity index (χ0) is 17.1. The average molecular weight is 326 g/mol. The number of nitrogens with zero attached hydrogens (tertiary/aromatic N) is 1. The number of benzene rings is 1. The monoisotopic (exact) mass is 326 g/mol. The Bertz CT molecular complexity index is 741. The number of carbonyl (C=O) groups is 3. The van der Waals surface area contributed by atoms with E-state index >= 15 is 0 Å². The van der Waals surface area contributed by atoms with Gasteiger partial charge in [0.25, 0.3) is 0 Å². The molecule has 0 atom stereocenters. The number of ketones is 2. The van der Waals surface area contributed by atoms with Crippen molar-refractivity contribution in [2.75, 3.05) is 18.4 Å². The van der Waals surface area contributed by atoms with Crippen LogP contribution in [0.4, 0.5) is 5.69 Å². The smallest absolute Gasteiger partial charge is 0.335 e. The third-order valence-electron chi connectivity index (χ3n) is 4.18. The first-order valence-electron chi connectivity index (χ1n) is 7.92. The van der Waals surface area contributed by atoms with E-state index < -0.39 is 5.97 Å². The van der Waals surface area contributed by atoms with Crippen molar-refractivity contribution in [2.45, 2.75) is 19.3 Å². The van der Waals surface area contributed by atoms with Crippen LogP contribution in [-0.4, -0.2) is 40.6 Å². The average Bonchev–Trinajstić information content (AvgIpc) is 2.59. The Morgan fingerprint density at radius 1 is 0.958 bits per heavy atom. The van der Waals surface area contributed by atoms with Crippen LogP contribution in [0.3, 0.4) is 0 Å². The van der Waals surface area contributed by atoms with Crippen LogP contribution in [0.25, 0.3) is 0 Å². The molecule has 0 radical (unpaired) electrons. The fourth-order valence-electron chi connectivity index (χ4n) is 2.95. The van der Waals surface area contributed by atoms with E-state index in [1.165, 1.54) is 24.3 Å². The van der Waals surface area contributed by atoms with Gasteiger partial charge in [-0.25, -0.2) is 4.79 Å². The lowest BCUT2D eigenvalue weighted by atomic mass is 10.0. The van der Waals surface area contributed by atoms with Gasteiger partial charge in [-0.1, -0.05) is 0 Å². The van der Waals surface area contributed by atoms with Gasteiger partial charge in [-0.05, 0) is 55.7 Å². The van der Waals surface area contributed by atoms with Crippen molar-refractivity contribution in [1.29, 1.82) is 0 Å². The lowest BCUT2D eigenvalue weighted by molar-refractivity contribution is -0.116. The normalized spacial score (nSPS) is 18.1. The van der Waals surface area contributed by atoms with Crippen LogP contribution < -0.4 is 5.32 Å². The molecular weight excluding hydrogens is 308 g/mol. The minimum absolute atomic E-state index is 0.164. The van der Waals surface area contributed by atoms with Gasteiger partial charge in [-0.3, -0.25) is 9.59 Å². The second kappa shape index (κ2) is 6.70. The van der Waals surface area contributed by atoms with Gasteiger partial charge in [0.15, 0.2) is 0 Å². The zero-order valence-electron chi connectivity index (χ0n) is 13.1. The van der Waals surface area contributed by atoms with Crippen molar-refractivity contribution < 1.29 is 19.5 Å². The van der Waals surface area contributed by atoms with Gasteiger partial charge in [0.05, 0.1) is 5.56 Å². The highest BCUT2D eigenvalue weighted by atomic mass is 16.4. The summed E-state index contributed by atoms with van der Waals surface area (Å²) in [6.07, 6.45) is 5.69. The predicted molar refractivity (Wildman–Crippen MR) is 88.6 cm³/mol. The minimum Gasteiger partial charge on any atom is -0.478 e. The number of carboxylic acids is 1. The van der Waals surface area contributed by atoms with Crippen molar-refractivity contribution in [3.8, 4) is 0 Å². The number of carboxylic acid groups (broad SMARTS) is 1. The number of hydrogen-bond acceptors (Lipinski definition) is 5. The Balaban J connectivity index is 1.92. The molecule has 124 valence electrons. The van der Waals surface area contributed by atoms with Crippen LogP contribution in [0.2, 0.25) is 0 Å². The summed E-state index contributed by atoms with van der Waals surface area (Å²) in [5.74, 6) is -1.44. The maximum atomic E-state index is 12.3. The maximum Gasteiger partial charge on any atom is 0.335 e. The summed E-state index contributed by atoms with van der Waals surface area (Å²) in [6.45, 7) is 1.51. The van der Waals surface area contributed by atoms with Crippen molar-refractivity contribution in [2.24, 2.45) is 0 Å². The molecule has 0 amide bonds. The van der Waals surface area contributed by atoms with E-state index in [1.807, 2.05) is 4.90 Å². The lowest BCUT2D eigenvalue weighted by Gasteiger charge is -2.32. The molecule has 2 N–H and O–H groups in total. The molecule has 1 heterocycles. The molecule has 1 aliphatic carbocycles.